The van der Waals surface area contributed by atoms with Gasteiger partial charge in [0.25, 0.3) is 5.91 Å². The number of ether oxygens (including phenoxy) is 1. The number of nitrogens with one attached hydrogen (secondary N) is 1. The minimum Gasteiger partial charge on any atom is -0.483 e. The predicted octanol–water partition coefficient (Wildman–Crippen LogP) is 2.06. The molecule has 0 aromatic heterocycles. The van der Waals surface area contributed by atoms with Crippen LogP contribution in [0.4, 0.5) is 13.2 Å². The van der Waals surface area contributed by atoms with Crippen LogP contribution in [0.5, 0.6) is 5.75 Å². The topological polar surface area (TPSA) is 75.6 Å². The maximum atomic E-state index is 12.7. The number of para-hydroxylation sites is 1. The van der Waals surface area contributed by atoms with Gasteiger partial charge < -0.3 is 15.2 Å². The first-order valence-electron chi connectivity index (χ1n) is 6.00. The van der Waals surface area contributed by atoms with Crippen LogP contribution >= 0.6 is 0 Å². The molecule has 0 aliphatic heterocycles. The van der Waals surface area contributed by atoms with Gasteiger partial charge in [-0.2, -0.15) is 13.2 Å². The largest absolute Gasteiger partial charge is 0.483 e. The number of hydrogen-bond donors (Lipinski definition) is 2. The minimum atomic E-state index is -4.58. The van der Waals surface area contributed by atoms with Crippen LogP contribution < -0.4 is 10.1 Å². The molecule has 0 spiro atoms. The highest BCUT2D eigenvalue weighted by molar-refractivity contribution is 5.78. The number of carbonyl (C=O) groups excluding carboxylic acids is 1. The molecule has 1 rings (SSSR count). The van der Waals surface area contributed by atoms with Crippen molar-refractivity contribution in [2.24, 2.45) is 0 Å². The summed E-state index contributed by atoms with van der Waals surface area (Å²) in [6.45, 7) is 0.840. The summed E-state index contributed by atoms with van der Waals surface area (Å²) in [6, 6.07) is 3.88. The number of carboxylic acid groups (broad SMARTS) is 1. The van der Waals surface area contributed by atoms with Crippen molar-refractivity contribution in [1.82, 2.24) is 5.32 Å². The third-order valence-electron chi connectivity index (χ3n) is 2.44. The lowest BCUT2D eigenvalue weighted by Gasteiger charge is -2.15. The summed E-state index contributed by atoms with van der Waals surface area (Å²) in [5, 5.41) is 10.8. The average molecular weight is 305 g/mol. The van der Waals surface area contributed by atoms with Crippen molar-refractivity contribution in [2.45, 2.75) is 25.6 Å². The first-order valence-corrected chi connectivity index (χ1v) is 6.00. The second kappa shape index (κ2) is 6.96. The fourth-order valence-corrected chi connectivity index (χ4v) is 1.60. The Hall–Kier alpha value is -2.25. The first kappa shape index (κ1) is 16.8. The SMILES string of the molecule is CC(CC(=O)O)NC(=O)COc1ccccc1C(F)(F)F. The normalized spacial score (nSPS) is 12.6. The van der Waals surface area contributed by atoms with E-state index < -0.39 is 42.0 Å². The van der Waals surface area contributed by atoms with Gasteiger partial charge in [0, 0.05) is 6.04 Å². The molecule has 0 saturated carbocycles. The van der Waals surface area contributed by atoms with Gasteiger partial charge in [-0.25, -0.2) is 0 Å². The fraction of sp³-hybridized carbons (Fsp3) is 0.385. The molecule has 0 aliphatic rings. The first-order chi connectivity index (χ1) is 9.70. The van der Waals surface area contributed by atoms with Crippen molar-refractivity contribution in [3.05, 3.63) is 29.8 Å². The third kappa shape index (κ3) is 5.72. The van der Waals surface area contributed by atoms with Crippen LogP contribution in [0.3, 0.4) is 0 Å². The standard InChI is InChI=1S/C13H14F3NO4/c1-8(6-12(19)20)17-11(18)7-21-10-5-3-2-4-9(10)13(14,15)16/h2-5,8H,6-7H2,1H3,(H,17,18)(H,19,20). The Balaban J connectivity index is 2.60. The van der Waals surface area contributed by atoms with E-state index in [4.69, 9.17) is 9.84 Å². The molecule has 0 saturated heterocycles. The van der Waals surface area contributed by atoms with Crippen LogP contribution in [0.25, 0.3) is 0 Å². The van der Waals surface area contributed by atoms with Crippen molar-refractivity contribution < 1.29 is 32.6 Å². The third-order valence-corrected chi connectivity index (χ3v) is 2.44. The second-order valence-corrected chi connectivity index (χ2v) is 4.35. The Kier molecular flexibility index (Phi) is 5.57. The summed E-state index contributed by atoms with van der Waals surface area (Å²) in [7, 11) is 0. The van der Waals surface area contributed by atoms with Crippen LogP contribution in [0, 0.1) is 0 Å². The van der Waals surface area contributed by atoms with Crippen LogP contribution in [0.1, 0.15) is 18.9 Å². The van der Waals surface area contributed by atoms with Crippen LogP contribution in [0.2, 0.25) is 0 Å². The molecule has 0 heterocycles. The smallest absolute Gasteiger partial charge is 0.419 e. The van der Waals surface area contributed by atoms with Gasteiger partial charge in [0.05, 0.1) is 12.0 Å². The molecule has 21 heavy (non-hydrogen) atoms. The monoisotopic (exact) mass is 305 g/mol. The Labute approximate surface area is 118 Å². The average Bonchev–Trinajstić information content (AvgIpc) is 2.34. The molecular weight excluding hydrogens is 291 g/mol. The highest BCUT2D eigenvalue weighted by atomic mass is 19.4. The zero-order valence-electron chi connectivity index (χ0n) is 11.1. The van der Waals surface area contributed by atoms with Crippen molar-refractivity contribution >= 4 is 11.9 Å². The van der Waals surface area contributed by atoms with E-state index in [1.165, 1.54) is 19.1 Å². The summed E-state index contributed by atoms with van der Waals surface area (Å²) >= 11 is 0. The van der Waals surface area contributed by atoms with Gasteiger partial charge in [-0.15, -0.1) is 0 Å². The van der Waals surface area contributed by atoms with E-state index in [2.05, 4.69) is 5.32 Å². The number of aliphatic carboxylic acids is 1. The highest BCUT2D eigenvalue weighted by Gasteiger charge is 2.34. The molecule has 1 atom stereocenters. The van der Waals surface area contributed by atoms with Gasteiger partial charge in [-0.05, 0) is 19.1 Å². The maximum Gasteiger partial charge on any atom is 0.419 e. The van der Waals surface area contributed by atoms with Crippen molar-refractivity contribution in [1.29, 1.82) is 0 Å². The molecule has 0 bridgehead atoms. The number of amides is 1. The summed E-state index contributed by atoms with van der Waals surface area (Å²) in [4.78, 5) is 21.9. The molecule has 0 fully saturated rings. The number of alkyl halides is 3. The van der Waals surface area contributed by atoms with Crippen LogP contribution in [0.15, 0.2) is 24.3 Å². The van der Waals surface area contributed by atoms with E-state index in [1.807, 2.05) is 0 Å². The molecule has 0 radical (unpaired) electrons. The number of carboxylic acids is 1. The molecule has 5 nitrogen and oxygen atoms in total. The number of rotatable bonds is 6. The van der Waals surface area contributed by atoms with Gasteiger partial charge in [0.15, 0.2) is 6.61 Å². The molecule has 1 aromatic rings. The minimum absolute atomic E-state index is 0.287. The lowest BCUT2D eigenvalue weighted by atomic mass is 10.2. The maximum absolute atomic E-state index is 12.7. The van der Waals surface area contributed by atoms with E-state index in [0.717, 1.165) is 12.1 Å². The van der Waals surface area contributed by atoms with E-state index in [0.29, 0.717) is 0 Å². The fourth-order valence-electron chi connectivity index (χ4n) is 1.60. The molecule has 8 heteroatoms. The van der Waals surface area contributed by atoms with Gasteiger partial charge >= 0.3 is 12.1 Å². The molecule has 1 aromatic carbocycles. The zero-order chi connectivity index (χ0) is 16.0. The molecular formula is C13H14F3NO4. The number of hydrogen-bond acceptors (Lipinski definition) is 3. The van der Waals surface area contributed by atoms with Crippen molar-refractivity contribution in [3.8, 4) is 5.75 Å². The zero-order valence-corrected chi connectivity index (χ0v) is 11.1. The van der Waals surface area contributed by atoms with Gasteiger partial charge in [0.2, 0.25) is 0 Å². The quantitative estimate of drug-likeness (QED) is 0.843. The lowest BCUT2D eigenvalue weighted by Crippen LogP contribution is -2.37. The number of halogens is 3. The van der Waals surface area contributed by atoms with Crippen LogP contribution in [-0.2, 0) is 15.8 Å². The molecule has 116 valence electrons. The van der Waals surface area contributed by atoms with E-state index in [9.17, 15) is 22.8 Å². The Morgan fingerprint density at radius 1 is 1.33 bits per heavy atom. The molecule has 0 aliphatic carbocycles. The summed E-state index contributed by atoms with van der Waals surface area (Å²) < 4.78 is 42.9. The highest BCUT2D eigenvalue weighted by Crippen LogP contribution is 2.35. The number of benzene rings is 1. The summed E-state index contributed by atoms with van der Waals surface area (Å²) in [5.74, 6) is -2.24. The van der Waals surface area contributed by atoms with Gasteiger partial charge in [0.1, 0.15) is 5.75 Å². The van der Waals surface area contributed by atoms with Gasteiger partial charge in [-0.3, -0.25) is 9.59 Å². The summed E-state index contributed by atoms with van der Waals surface area (Å²) in [5.41, 5.74) is -0.976. The van der Waals surface area contributed by atoms with Crippen molar-refractivity contribution in [3.63, 3.8) is 0 Å². The number of carbonyl (C=O) groups is 2. The Morgan fingerprint density at radius 2 is 1.95 bits per heavy atom. The van der Waals surface area contributed by atoms with Crippen molar-refractivity contribution in [2.75, 3.05) is 6.61 Å². The predicted molar refractivity (Wildman–Crippen MR) is 66.8 cm³/mol. The Morgan fingerprint density at radius 3 is 2.52 bits per heavy atom. The lowest BCUT2D eigenvalue weighted by molar-refractivity contribution is -0.140. The molecule has 1 amide bonds. The Bertz CT molecular complexity index is 516. The molecule has 2 N–H and O–H groups in total. The van der Waals surface area contributed by atoms with E-state index in [1.54, 1.807) is 0 Å². The van der Waals surface area contributed by atoms with E-state index >= 15 is 0 Å². The molecule has 1 unspecified atom stereocenters. The summed E-state index contributed by atoms with van der Waals surface area (Å²) in [6.07, 6.45) is -4.87. The van der Waals surface area contributed by atoms with Crippen LogP contribution in [-0.4, -0.2) is 29.6 Å². The van der Waals surface area contributed by atoms with E-state index in [-0.39, 0.29) is 6.42 Å². The second-order valence-electron chi connectivity index (χ2n) is 4.35. The van der Waals surface area contributed by atoms with Gasteiger partial charge in [-0.1, -0.05) is 12.1 Å².